The predicted octanol–water partition coefficient (Wildman–Crippen LogP) is 4.12. The molecule has 0 aromatic rings. The van der Waals surface area contributed by atoms with E-state index in [9.17, 15) is 9.90 Å². The zero-order valence-corrected chi connectivity index (χ0v) is 12.9. The molecule has 2 nitrogen and oxygen atoms in total. The topological polar surface area (TPSA) is 37.3 Å². The Hall–Kier alpha value is -0.790. The van der Waals surface area contributed by atoms with Crippen molar-refractivity contribution in [3.8, 4) is 0 Å². The molecule has 0 aromatic heterocycles. The van der Waals surface area contributed by atoms with Gasteiger partial charge in [0.2, 0.25) is 0 Å². The van der Waals surface area contributed by atoms with Crippen molar-refractivity contribution in [2.45, 2.75) is 52.9 Å². The molecule has 4 rings (SSSR count). The number of rotatable bonds is 2. The largest absolute Gasteiger partial charge is 0.481 e. The van der Waals surface area contributed by atoms with Gasteiger partial charge in [-0.15, -0.1) is 0 Å². The average Bonchev–Trinajstić information content (AvgIpc) is 3.06. The number of carboxylic acids is 1. The van der Waals surface area contributed by atoms with Crippen LogP contribution in [0.1, 0.15) is 52.9 Å². The van der Waals surface area contributed by atoms with E-state index >= 15 is 0 Å². The van der Waals surface area contributed by atoms with Crippen LogP contribution in [0.15, 0.2) is 12.2 Å². The summed E-state index contributed by atoms with van der Waals surface area (Å²) in [5, 5.41) is 9.55. The van der Waals surface area contributed by atoms with Gasteiger partial charge in [-0.1, -0.05) is 32.9 Å². The minimum atomic E-state index is -0.561. The molecule has 6 unspecified atom stereocenters. The van der Waals surface area contributed by atoms with Crippen molar-refractivity contribution < 1.29 is 9.90 Å². The summed E-state index contributed by atoms with van der Waals surface area (Å²) < 4.78 is 0. The van der Waals surface area contributed by atoms with Gasteiger partial charge in [-0.05, 0) is 66.1 Å². The van der Waals surface area contributed by atoms with Gasteiger partial charge in [-0.25, -0.2) is 0 Å². The number of hydrogen-bond acceptors (Lipinski definition) is 1. The fourth-order valence-electron chi connectivity index (χ4n) is 6.70. The van der Waals surface area contributed by atoms with E-state index in [2.05, 4.69) is 32.9 Å². The van der Waals surface area contributed by atoms with Crippen molar-refractivity contribution in [2.75, 3.05) is 0 Å². The fraction of sp³-hybridized carbons (Fsp3) is 0.833. The van der Waals surface area contributed by atoms with Gasteiger partial charge in [0, 0.05) is 0 Å². The van der Waals surface area contributed by atoms with Gasteiger partial charge in [0.25, 0.3) is 0 Å². The summed E-state index contributed by atoms with van der Waals surface area (Å²) in [7, 11) is 0. The van der Waals surface area contributed by atoms with E-state index in [1.807, 2.05) is 0 Å². The fourth-order valence-corrected chi connectivity index (χ4v) is 6.70. The lowest BCUT2D eigenvalue weighted by atomic mass is 9.57. The van der Waals surface area contributed by atoms with E-state index in [1.54, 1.807) is 0 Å². The van der Waals surface area contributed by atoms with Crippen LogP contribution in [-0.4, -0.2) is 11.1 Å². The van der Waals surface area contributed by atoms with Crippen LogP contribution < -0.4 is 0 Å². The summed E-state index contributed by atoms with van der Waals surface area (Å²) >= 11 is 0. The summed E-state index contributed by atoms with van der Waals surface area (Å²) in [5.41, 5.74) is 0.781. The number of fused-ring (bicyclic) bond motifs is 4. The first-order valence-electron chi connectivity index (χ1n) is 8.22. The van der Waals surface area contributed by atoms with E-state index < -0.39 is 5.97 Å². The highest BCUT2D eigenvalue weighted by molar-refractivity contribution is 5.71. The SMILES string of the molecule is CC1(C)C2CC(C34C=CC(CC3)C4)C1(C)CC2C(=O)O. The Balaban J connectivity index is 1.73. The van der Waals surface area contributed by atoms with Crippen molar-refractivity contribution in [3.63, 3.8) is 0 Å². The zero-order chi connectivity index (χ0) is 14.3. The molecule has 0 heterocycles. The number of carbonyl (C=O) groups is 1. The molecular weight excluding hydrogens is 248 g/mol. The van der Waals surface area contributed by atoms with Crippen molar-refractivity contribution >= 4 is 5.97 Å². The highest BCUT2D eigenvalue weighted by Crippen LogP contribution is 2.76. The highest BCUT2D eigenvalue weighted by atomic mass is 16.4. The lowest BCUT2D eigenvalue weighted by Crippen LogP contribution is -2.41. The molecule has 0 aliphatic heterocycles. The van der Waals surface area contributed by atoms with E-state index in [4.69, 9.17) is 0 Å². The third kappa shape index (κ3) is 1.25. The first kappa shape index (κ1) is 12.9. The van der Waals surface area contributed by atoms with Crippen LogP contribution in [0.25, 0.3) is 0 Å². The molecule has 0 saturated heterocycles. The van der Waals surface area contributed by atoms with E-state index in [-0.39, 0.29) is 16.7 Å². The molecule has 6 atom stereocenters. The van der Waals surface area contributed by atoms with Crippen LogP contribution in [0.2, 0.25) is 0 Å². The molecule has 0 aromatic carbocycles. The molecule has 3 fully saturated rings. The predicted molar refractivity (Wildman–Crippen MR) is 78.1 cm³/mol. The van der Waals surface area contributed by atoms with Gasteiger partial charge in [-0.3, -0.25) is 4.79 Å². The summed E-state index contributed by atoms with van der Waals surface area (Å²) in [6, 6.07) is 0. The summed E-state index contributed by atoms with van der Waals surface area (Å²) in [6.45, 7) is 7.07. The van der Waals surface area contributed by atoms with Crippen LogP contribution in [0.3, 0.4) is 0 Å². The van der Waals surface area contributed by atoms with Gasteiger partial charge in [0.1, 0.15) is 0 Å². The molecule has 2 heteroatoms. The first-order chi connectivity index (χ1) is 9.30. The Kier molecular flexibility index (Phi) is 2.27. The standard InChI is InChI=1S/C18H26O2/c1-16(2)13-8-14(17(16,3)10-12(13)15(19)20)18-6-4-11(9-18)5-7-18/h4,6,11-14H,5,7-10H2,1-3H3,(H,19,20). The summed E-state index contributed by atoms with van der Waals surface area (Å²) in [6.07, 6.45) is 11.0. The Morgan fingerprint density at radius 3 is 2.40 bits per heavy atom. The second kappa shape index (κ2) is 3.51. The number of carboxylic acid groups (broad SMARTS) is 1. The minimum Gasteiger partial charge on any atom is -0.481 e. The lowest BCUT2D eigenvalue weighted by Gasteiger charge is -2.47. The summed E-state index contributed by atoms with van der Waals surface area (Å²) in [5.74, 6) is 1.22. The molecule has 1 N–H and O–H groups in total. The maximum absolute atomic E-state index is 11.6. The Labute approximate surface area is 121 Å². The highest BCUT2D eigenvalue weighted by Gasteiger charge is 2.70. The second-order valence-corrected chi connectivity index (χ2v) is 8.78. The number of aliphatic carboxylic acids is 1. The van der Waals surface area contributed by atoms with Crippen molar-refractivity contribution in [1.29, 1.82) is 0 Å². The minimum absolute atomic E-state index is 0.106. The lowest BCUT2D eigenvalue weighted by molar-refractivity contribution is -0.144. The Morgan fingerprint density at radius 1 is 1.25 bits per heavy atom. The average molecular weight is 274 g/mol. The zero-order valence-electron chi connectivity index (χ0n) is 12.9. The van der Waals surface area contributed by atoms with Gasteiger partial charge in [-0.2, -0.15) is 0 Å². The van der Waals surface area contributed by atoms with Crippen LogP contribution >= 0.6 is 0 Å². The smallest absolute Gasteiger partial charge is 0.306 e. The molecule has 110 valence electrons. The maximum Gasteiger partial charge on any atom is 0.306 e. The monoisotopic (exact) mass is 274 g/mol. The van der Waals surface area contributed by atoms with E-state index in [0.717, 1.165) is 18.8 Å². The maximum atomic E-state index is 11.6. The molecule has 4 bridgehead atoms. The van der Waals surface area contributed by atoms with Crippen LogP contribution in [-0.2, 0) is 4.79 Å². The van der Waals surface area contributed by atoms with E-state index in [0.29, 0.717) is 17.3 Å². The van der Waals surface area contributed by atoms with Gasteiger partial charge < -0.3 is 5.11 Å². The van der Waals surface area contributed by atoms with Gasteiger partial charge in [0.05, 0.1) is 5.92 Å². The first-order valence-corrected chi connectivity index (χ1v) is 8.22. The molecule has 3 saturated carbocycles. The van der Waals surface area contributed by atoms with Gasteiger partial charge >= 0.3 is 5.97 Å². The Morgan fingerprint density at radius 2 is 2.00 bits per heavy atom. The van der Waals surface area contributed by atoms with Crippen molar-refractivity contribution in [1.82, 2.24) is 0 Å². The second-order valence-electron chi connectivity index (χ2n) is 8.78. The molecule has 20 heavy (non-hydrogen) atoms. The van der Waals surface area contributed by atoms with Crippen molar-refractivity contribution in [2.24, 2.45) is 39.9 Å². The summed E-state index contributed by atoms with van der Waals surface area (Å²) in [4.78, 5) is 11.6. The molecular formula is C18H26O2. The molecule has 0 amide bonds. The third-order valence-electron chi connectivity index (χ3n) is 8.12. The molecule has 4 aliphatic carbocycles. The normalized spacial score (nSPS) is 54.8. The number of hydrogen-bond donors (Lipinski definition) is 1. The van der Waals surface area contributed by atoms with Crippen LogP contribution in [0.5, 0.6) is 0 Å². The van der Waals surface area contributed by atoms with Crippen LogP contribution in [0, 0.1) is 39.9 Å². The van der Waals surface area contributed by atoms with Crippen molar-refractivity contribution in [3.05, 3.63) is 12.2 Å². The van der Waals surface area contributed by atoms with E-state index in [1.165, 1.54) is 19.3 Å². The molecule has 4 aliphatic rings. The van der Waals surface area contributed by atoms with Gasteiger partial charge in [0.15, 0.2) is 0 Å². The van der Waals surface area contributed by atoms with Crippen LogP contribution in [0.4, 0.5) is 0 Å². The third-order valence-corrected chi connectivity index (χ3v) is 8.12. The molecule has 0 spiro atoms. The molecule has 0 radical (unpaired) electrons. The number of allylic oxidation sites excluding steroid dienone is 2. The Bertz CT molecular complexity index is 506. The quantitative estimate of drug-likeness (QED) is 0.769.